The monoisotopic (exact) mass is 309 g/mol. The van der Waals surface area contributed by atoms with E-state index in [4.69, 9.17) is 17.0 Å². The first-order valence-electron chi connectivity index (χ1n) is 7.34. The maximum absolute atomic E-state index is 13.8. The second-order valence-corrected chi connectivity index (χ2v) is 5.86. The van der Waals surface area contributed by atoms with E-state index < -0.39 is 0 Å². The number of fused-ring (bicyclic) bond motifs is 1. The van der Waals surface area contributed by atoms with Gasteiger partial charge < -0.3 is 14.3 Å². The molecule has 1 aromatic carbocycles. The summed E-state index contributed by atoms with van der Waals surface area (Å²) in [6, 6.07) is 3.67. The van der Waals surface area contributed by atoms with Crippen LogP contribution in [0.5, 0.6) is 5.75 Å². The lowest BCUT2D eigenvalue weighted by Gasteiger charge is -2.23. The van der Waals surface area contributed by atoms with Crippen molar-refractivity contribution in [2.45, 2.75) is 32.4 Å². The number of likely N-dealkylation sites (tertiary alicyclic amines) is 1. The number of halogens is 1. The van der Waals surface area contributed by atoms with E-state index in [2.05, 4.69) is 21.4 Å². The van der Waals surface area contributed by atoms with E-state index in [-0.39, 0.29) is 11.6 Å². The van der Waals surface area contributed by atoms with Crippen LogP contribution in [-0.2, 0) is 6.54 Å². The van der Waals surface area contributed by atoms with E-state index in [1.165, 1.54) is 26.0 Å². The van der Waals surface area contributed by atoms with Gasteiger partial charge in [0.25, 0.3) is 0 Å². The van der Waals surface area contributed by atoms with Gasteiger partial charge in [-0.25, -0.2) is 4.39 Å². The average molecular weight is 309 g/mol. The van der Waals surface area contributed by atoms with Crippen molar-refractivity contribution in [2.24, 2.45) is 0 Å². The van der Waals surface area contributed by atoms with Crippen molar-refractivity contribution < 1.29 is 9.13 Å². The summed E-state index contributed by atoms with van der Waals surface area (Å²) in [5, 5.41) is 0. The minimum absolute atomic E-state index is 0.254. The highest BCUT2D eigenvalue weighted by Crippen LogP contribution is 2.26. The van der Waals surface area contributed by atoms with Crippen molar-refractivity contribution in [3.63, 3.8) is 0 Å². The summed E-state index contributed by atoms with van der Waals surface area (Å²) in [5.41, 5.74) is 1.63. The Bertz CT molecular complexity index is 709. The Hall–Kier alpha value is -1.40. The van der Waals surface area contributed by atoms with Gasteiger partial charge in [0, 0.05) is 24.7 Å². The number of H-pyrrole nitrogens is 1. The van der Waals surface area contributed by atoms with Gasteiger partial charge in [-0.3, -0.25) is 4.90 Å². The van der Waals surface area contributed by atoms with Gasteiger partial charge >= 0.3 is 0 Å². The van der Waals surface area contributed by atoms with E-state index >= 15 is 0 Å². The maximum atomic E-state index is 13.8. The number of hydrogen-bond acceptors (Lipinski definition) is 3. The fourth-order valence-electron chi connectivity index (χ4n) is 3.22. The van der Waals surface area contributed by atoms with Gasteiger partial charge in [-0.15, -0.1) is 0 Å². The second-order valence-electron chi connectivity index (χ2n) is 5.47. The van der Waals surface area contributed by atoms with E-state index in [9.17, 15) is 4.39 Å². The van der Waals surface area contributed by atoms with Crippen LogP contribution in [0.25, 0.3) is 11.0 Å². The number of hydrogen-bond donors (Lipinski definition) is 1. The largest absolute Gasteiger partial charge is 0.494 e. The standard InChI is InChI=1S/C15H20FN3OS/c1-3-18-6-4-5-10(18)9-19-13-8-14(20-2)11(16)7-12(13)17-15(19)21/h7-8,10H,3-6,9H2,1-2H3,(H,17,21). The van der Waals surface area contributed by atoms with Crippen LogP contribution < -0.4 is 4.74 Å². The molecular weight excluding hydrogens is 289 g/mol. The zero-order valence-corrected chi connectivity index (χ0v) is 13.2. The number of aromatic nitrogens is 2. The van der Waals surface area contributed by atoms with Gasteiger partial charge in [-0.05, 0) is 38.1 Å². The fraction of sp³-hybridized carbons (Fsp3) is 0.533. The quantitative estimate of drug-likeness (QED) is 0.880. The number of nitrogens with zero attached hydrogens (tertiary/aromatic N) is 2. The summed E-state index contributed by atoms with van der Waals surface area (Å²) in [6.07, 6.45) is 2.41. The molecule has 114 valence electrons. The van der Waals surface area contributed by atoms with Crippen LogP contribution in [0.4, 0.5) is 4.39 Å². The van der Waals surface area contributed by atoms with E-state index in [0.717, 1.165) is 30.7 Å². The first kappa shape index (κ1) is 14.5. The smallest absolute Gasteiger partial charge is 0.178 e. The van der Waals surface area contributed by atoms with Crippen LogP contribution in [0, 0.1) is 10.6 Å². The van der Waals surface area contributed by atoms with E-state index in [1.54, 1.807) is 6.07 Å². The Balaban J connectivity index is 2.01. The number of imidazole rings is 1. The van der Waals surface area contributed by atoms with E-state index in [1.807, 2.05) is 0 Å². The number of ether oxygens (including phenoxy) is 1. The minimum Gasteiger partial charge on any atom is -0.494 e. The highest BCUT2D eigenvalue weighted by Gasteiger charge is 2.24. The highest BCUT2D eigenvalue weighted by atomic mass is 32.1. The summed E-state index contributed by atoms with van der Waals surface area (Å²) in [4.78, 5) is 5.56. The molecular formula is C15H20FN3OS. The van der Waals surface area contributed by atoms with Crippen molar-refractivity contribution in [1.29, 1.82) is 0 Å². The van der Waals surface area contributed by atoms with Gasteiger partial charge in [0.15, 0.2) is 16.3 Å². The van der Waals surface area contributed by atoms with Crippen LogP contribution in [0.1, 0.15) is 19.8 Å². The minimum atomic E-state index is -0.371. The Morgan fingerprint density at radius 1 is 1.48 bits per heavy atom. The third-order valence-corrected chi connectivity index (χ3v) is 4.67. The van der Waals surface area contributed by atoms with Gasteiger partial charge in [0.05, 0.1) is 18.1 Å². The lowest BCUT2D eigenvalue weighted by atomic mass is 10.2. The average Bonchev–Trinajstić information content (AvgIpc) is 3.03. The van der Waals surface area contributed by atoms with Crippen LogP contribution >= 0.6 is 12.2 Å². The van der Waals surface area contributed by atoms with Gasteiger partial charge in [0.2, 0.25) is 0 Å². The highest BCUT2D eigenvalue weighted by molar-refractivity contribution is 7.71. The molecule has 1 N–H and O–H groups in total. The summed E-state index contributed by atoms with van der Waals surface area (Å²) in [7, 11) is 1.48. The predicted molar refractivity (Wildman–Crippen MR) is 83.9 cm³/mol. The fourth-order valence-corrected chi connectivity index (χ4v) is 3.51. The number of methoxy groups -OCH3 is 1. The molecule has 0 bridgehead atoms. The van der Waals surface area contributed by atoms with Gasteiger partial charge in [-0.1, -0.05) is 6.92 Å². The van der Waals surface area contributed by atoms with Crippen molar-refractivity contribution in [3.8, 4) is 5.75 Å². The molecule has 6 heteroatoms. The predicted octanol–water partition coefficient (Wildman–Crippen LogP) is 3.33. The molecule has 2 heterocycles. The lowest BCUT2D eigenvalue weighted by molar-refractivity contribution is 0.245. The lowest BCUT2D eigenvalue weighted by Crippen LogP contribution is -2.32. The van der Waals surface area contributed by atoms with Crippen LogP contribution in [0.3, 0.4) is 0 Å². The summed E-state index contributed by atoms with van der Waals surface area (Å²) >= 11 is 5.41. The molecule has 1 atom stereocenters. The molecule has 1 aliphatic rings. The Kier molecular flexibility index (Phi) is 3.99. The van der Waals surface area contributed by atoms with E-state index in [0.29, 0.717) is 10.8 Å². The first-order valence-corrected chi connectivity index (χ1v) is 7.75. The van der Waals surface area contributed by atoms with Gasteiger partial charge in [-0.2, -0.15) is 0 Å². The normalized spacial score (nSPS) is 19.5. The Morgan fingerprint density at radius 3 is 3.00 bits per heavy atom. The Morgan fingerprint density at radius 2 is 2.29 bits per heavy atom. The van der Waals surface area contributed by atoms with Crippen molar-refractivity contribution >= 4 is 23.3 Å². The molecule has 0 spiro atoms. The zero-order chi connectivity index (χ0) is 15.0. The van der Waals surface area contributed by atoms with Crippen molar-refractivity contribution in [3.05, 3.63) is 22.7 Å². The molecule has 1 saturated heterocycles. The molecule has 0 amide bonds. The van der Waals surface area contributed by atoms with Crippen LogP contribution in [0.15, 0.2) is 12.1 Å². The third-order valence-electron chi connectivity index (χ3n) is 4.35. The SMILES string of the molecule is CCN1CCCC1Cn1c(=S)[nH]c2cc(F)c(OC)cc21. The molecule has 3 rings (SSSR count). The number of aromatic amines is 1. The summed E-state index contributed by atoms with van der Waals surface area (Å²) in [5.74, 6) is -0.117. The molecule has 2 aromatic rings. The molecule has 1 aromatic heterocycles. The summed E-state index contributed by atoms with van der Waals surface area (Å²) in [6.45, 7) is 5.22. The summed E-state index contributed by atoms with van der Waals surface area (Å²) < 4.78 is 21.6. The molecule has 4 nitrogen and oxygen atoms in total. The molecule has 0 aliphatic carbocycles. The number of likely N-dealkylation sites (N-methyl/N-ethyl adjacent to an activating group) is 1. The van der Waals surface area contributed by atoms with Gasteiger partial charge in [0.1, 0.15) is 0 Å². The number of benzene rings is 1. The maximum Gasteiger partial charge on any atom is 0.178 e. The molecule has 1 fully saturated rings. The third kappa shape index (κ3) is 2.58. The second kappa shape index (κ2) is 5.77. The zero-order valence-electron chi connectivity index (χ0n) is 12.4. The van der Waals surface area contributed by atoms with Crippen LogP contribution in [-0.4, -0.2) is 40.7 Å². The molecule has 1 aliphatic heterocycles. The molecule has 0 radical (unpaired) electrons. The molecule has 21 heavy (non-hydrogen) atoms. The number of rotatable bonds is 4. The van der Waals surface area contributed by atoms with Crippen LogP contribution in [0.2, 0.25) is 0 Å². The molecule has 0 saturated carbocycles. The van der Waals surface area contributed by atoms with Crippen molar-refractivity contribution in [2.75, 3.05) is 20.2 Å². The number of nitrogens with one attached hydrogen (secondary N) is 1. The topological polar surface area (TPSA) is 33.2 Å². The Labute approximate surface area is 128 Å². The first-order chi connectivity index (χ1) is 10.1. The molecule has 1 unspecified atom stereocenters. The van der Waals surface area contributed by atoms with Crippen molar-refractivity contribution in [1.82, 2.24) is 14.5 Å².